The van der Waals surface area contributed by atoms with Gasteiger partial charge in [-0.1, -0.05) is 6.07 Å². The van der Waals surface area contributed by atoms with Crippen LogP contribution in [0.5, 0.6) is 0 Å². The molecule has 314 valence electrons. The van der Waals surface area contributed by atoms with E-state index in [0.717, 1.165) is 62.2 Å². The number of nitrogens with one attached hydrogen (secondary N) is 2. The standard InChI is InChI=1S/C22H21F4N3O2.C14H16FNO.C7H8F2N2/c23-13-6-14-15(17(25)7-13)9-22(10-20(14)30)1-3-29(4-2-22)21(31)28-11-12-5-19(27)18(26)8-16(12)24;15-11-2-1-10-8-14(3-5-16-6-4-14)9-13(17)12(10)7-11;8-5-2-6(9)7(11)1-4(5)3-10/h5-8H,1-4,9-11,27H2,(H,28,31);1-2,7,16H,3-6,8-9H2;1-2H,3,10-11H2. The molecule has 0 aromatic heterocycles. The van der Waals surface area contributed by atoms with Crippen LogP contribution in [0.4, 0.5) is 46.9 Å². The first-order chi connectivity index (χ1) is 28.0. The van der Waals surface area contributed by atoms with Gasteiger partial charge in [0.2, 0.25) is 0 Å². The maximum atomic E-state index is 14.3. The maximum Gasteiger partial charge on any atom is 0.317 e. The highest BCUT2D eigenvalue weighted by Gasteiger charge is 2.43. The van der Waals surface area contributed by atoms with Gasteiger partial charge in [0.1, 0.15) is 40.7 Å². The molecule has 0 unspecified atom stereocenters. The van der Waals surface area contributed by atoms with Gasteiger partial charge in [-0.25, -0.2) is 35.5 Å². The van der Waals surface area contributed by atoms with E-state index in [2.05, 4.69) is 10.6 Å². The maximum absolute atomic E-state index is 14.3. The quantitative estimate of drug-likeness (QED) is 0.107. The number of hydrogen-bond acceptors (Lipinski definition) is 7. The lowest BCUT2D eigenvalue weighted by Crippen LogP contribution is -2.49. The number of carbonyl (C=O) groups is 3. The number of Topliss-reactive ketones (excluding diaryl/α,β-unsaturated/α-hetero) is 2. The summed E-state index contributed by atoms with van der Waals surface area (Å²) in [6.45, 7) is 2.53. The third-order valence-corrected chi connectivity index (χ3v) is 11.8. The topological polar surface area (TPSA) is 157 Å². The lowest BCUT2D eigenvalue weighted by molar-refractivity contribution is 0.0728. The molecule has 4 aromatic carbocycles. The predicted molar refractivity (Wildman–Crippen MR) is 208 cm³/mol. The molecule has 0 saturated carbocycles. The average molecular weight is 827 g/mol. The summed E-state index contributed by atoms with van der Waals surface area (Å²) in [5.74, 6) is -5.04. The van der Waals surface area contributed by atoms with Gasteiger partial charge < -0.3 is 32.7 Å². The Hall–Kier alpha value is -5.48. The summed E-state index contributed by atoms with van der Waals surface area (Å²) >= 11 is 0. The van der Waals surface area contributed by atoms with Crippen LogP contribution < -0.4 is 27.8 Å². The molecule has 2 spiro atoms. The summed E-state index contributed by atoms with van der Waals surface area (Å²) in [6.07, 6.45) is 5.08. The minimum absolute atomic E-state index is 0.0241. The number of fused-ring (bicyclic) bond motifs is 2. The fourth-order valence-corrected chi connectivity index (χ4v) is 8.42. The summed E-state index contributed by atoms with van der Waals surface area (Å²) in [7, 11) is 0. The zero-order valence-electron chi connectivity index (χ0n) is 32.1. The van der Waals surface area contributed by atoms with Gasteiger partial charge in [-0.15, -0.1) is 0 Å². The number of nitrogen functional groups attached to an aromatic ring is 2. The lowest BCUT2D eigenvalue weighted by atomic mass is 9.66. The number of amides is 2. The molecule has 2 heterocycles. The van der Waals surface area contributed by atoms with E-state index in [1.807, 2.05) is 0 Å². The molecule has 0 bridgehead atoms. The predicted octanol–water partition coefficient (Wildman–Crippen LogP) is 7.28. The van der Waals surface area contributed by atoms with Crippen LogP contribution in [0.2, 0.25) is 0 Å². The van der Waals surface area contributed by atoms with Crippen LogP contribution in [0.3, 0.4) is 0 Å². The van der Waals surface area contributed by atoms with Crippen molar-refractivity contribution in [2.45, 2.75) is 64.5 Å². The van der Waals surface area contributed by atoms with Crippen molar-refractivity contribution in [2.24, 2.45) is 16.6 Å². The van der Waals surface area contributed by atoms with E-state index in [0.29, 0.717) is 50.4 Å². The lowest BCUT2D eigenvalue weighted by Gasteiger charge is -2.44. The first kappa shape index (κ1) is 43.1. The zero-order chi connectivity index (χ0) is 42.6. The van der Waals surface area contributed by atoms with Crippen molar-refractivity contribution in [3.05, 3.63) is 129 Å². The van der Waals surface area contributed by atoms with Crippen LogP contribution in [-0.2, 0) is 25.9 Å². The monoisotopic (exact) mass is 826 g/mol. The summed E-state index contributed by atoms with van der Waals surface area (Å²) in [4.78, 5) is 38.7. The van der Waals surface area contributed by atoms with Gasteiger partial charge in [0.15, 0.2) is 11.6 Å². The van der Waals surface area contributed by atoms with Gasteiger partial charge >= 0.3 is 6.03 Å². The molecular weight excluding hydrogens is 781 g/mol. The number of nitrogens with two attached hydrogens (primary N) is 3. The molecule has 8 rings (SSSR count). The minimum Gasteiger partial charge on any atom is -0.396 e. The number of anilines is 2. The number of urea groups is 1. The van der Waals surface area contributed by atoms with E-state index >= 15 is 0 Å². The molecule has 0 radical (unpaired) electrons. The Kier molecular flexibility index (Phi) is 13.0. The summed E-state index contributed by atoms with van der Waals surface area (Å²) < 4.78 is 93.1. The number of halogens is 7. The molecule has 59 heavy (non-hydrogen) atoms. The SMILES string of the molecule is NCc1cc(N)c(F)cc1F.Nc1cc(CNC(=O)N2CCC3(CC2)CC(=O)c2cc(F)cc(F)c2C3)c(F)cc1F.O=C1CC2(CCNCC2)Cc2ccc(F)cc21. The number of nitrogens with zero attached hydrogens (tertiary/aromatic N) is 1. The van der Waals surface area contributed by atoms with Gasteiger partial charge in [-0.05, 0) is 104 Å². The van der Waals surface area contributed by atoms with Gasteiger partial charge in [0, 0.05) is 79.5 Å². The molecule has 2 saturated heterocycles. The largest absolute Gasteiger partial charge is 0.396 e. The highest BCUT2D eigenvalue weighted by Crippen LogP contribution is 2.45. The van der Waals surface area contributed by atoms with Crippen LogP contribution in [0.1, 0.15) is 81.5 Å². The number of hydrogen-bond donors (Lipinski definition) is 5. The summed E-state index contributed by atoms with van der Waals surface area (Å²) in [6, 6.07) is 9.83. The van der Waals surface area contributed by atoms with E-state index in [9.17, 15) is 45.1 Å². The fraction of sp³-hybridized carbons (Fsp3) is 0.372. The van der Waals surface area contributed by atoms with Crippen molar-refractivity contribution in [3.8, 4) is 0 Å². The third-order valence-electron chi connectivity index (χ3n) is 11.8. The molecule has 2 aliphatic heterocycles. The molecule has 2 aliphatic carbocycles. The second kappa shape index (κ2) is 17.8. The number of piperidine rings is 2. The Morgan fingerprint density at radius 3 is 1.83 bits per heavy atom. The number of likely N-dealkylation sites (tertiary alicyclic amines) is 1. The molecule has 2 fully saturated rings. The average Bonchev–Trinajstić information content (AvgIpc) is 3.19. The number of rotatable bonds is 3. The van der Waals surface area contributed by atoms with E-state index in [1.165, 1.54) is 23.1 Å². The zero-order valence-corrected chi connectivity index (χ0v) is 32.1. The third kappa shape index (κ3) is 9.87. The van der Waals surface area contributed by atoms with Crippen LogP contribution >= 0.6 is 0 Å². The first-order valence-electron chi connectivity index (χ1n) is 19.2. The van der Waals surface area contributed by atoms with E-state index in [-0.39, 0.29) is 75.9 Å². The number of carbonyl (C=O) groups excluding carboxylic acids is 3. The molecule has 16 heteroatoms. The smallest absolute Gasteiger partial charge is 0.317 e. The van der Waals surface area contributed by atoms with Gasteiger partial charge in [0.25, 0.3) is 0 Å². The minimum atomic E-state index is -0.864. The van der Waals surface area contributed by atoms with E-state index in [4.69, 9.17) is 17.2 Å². The summed E-state index contributed by atoms with van der Waals surface area (Å²) in [5.41, 5.74) is 17.4. The molecule has 8 N–H and O–H groups in total. The van der Waals surface area contributed by atoms with Crippen molar-refractivity contribution in [2.75, 3.05) is 37.6 Å². The number of ketones is 2. The second-order valence-corrected chi connectivity index (χ2v) is 15.8. The van der Waals surface area contributed by atoms with Crippen LogP contribution in [-0.4, -0.2) is 48.7 Å². The van der Waals surface area contributed by atoms with E-state index in [1.54, 1.807) is 6.07 Å². The van der Waals surface area contributed by atoms with Crippen molar-refractivity contribution in [1.82, 2.24) is 15.5 Å². The Morgan fingerprint density at radius 2 is 1.20 bits per heavy atom. The van der Waals surface area contributed by atoms with Gasteiger partial charge in [-0.3, -0.25) is 9.59 Å². The Morgan fingerprint density at radius 1 is 0.644 bits per heavy atom. The van der Waals surface area contributed by atoms with Crippen LogP contribution in [0.25, 0.3) is 0 Å². The summed E-state index contributed by atoms with van der Waals surface area (Å²) in [5, 5.41) is 5.92. The van der Waals surface area contributed by atoms with Crippen LogP contribution in [0, 0.1) is 51.6 Å². The van der Waals surface area contributed by atoms with Gasteiger partial charge in [0.05, 0.1) is 11.4 Å². The highest BCUT2D eigenvalue weighted by molar-refractivity contribution is 5.99. The van der Waals surface area contributed by atoms with E-state index < -0.39 is 46.3 Å². The Bertz CT molecular complexity index is 2260. The fourth-order valence-electron chi connectivity index (χ4n) is 8.42. The van der Waals surface area contributed by atoms with Gasteiger partial charge in [-0.2, -0.15) is 0 Å². The Balaban J connectivity index is 0.000000173. The van der Waals surface area contributed by atoms with Crippen molar-refractivity contribution in [1.29, 1.82) is 0 Å². The Labute approximate surface area is 336 Å². The highest BCUT2D eigenvalue weighted by atomic mass is 19.2. The molecule has 9 nitrogen and oxygen atoms in total. The van der Waals surface area contributed by atoms with Crippen LogP contribution in [0.15, 0.2) is 54.6 Å². The molecule has 2 amide bonds. The molecule has 4 aliphatic rings. The first-order valence-corrected chi connectivity index (χ1v) is 19.2. The second-order valence-electron chi connectivity index (χ2n) is 15.8. The molecular formula is C43H45F7N6O3. The van der Waals surface area contributed by atoms with Crippen molar-refractivity contribution in [3.63, 3.8) is 0 Å². The van der Waals surface area contributed by atoms with Crippen molar-refractivity contribution >= 4 is 29.0 Å². The molecule has 4 aromatic rings. The molecule has 0 atom stereocenters. The number of benzene rings is 4. The van der Waals surface area contributed by atoms with Crippen molar-refractivity contribution < 1.29 is 45.1 Å². The normalized spacial score (nSPS) is 17.6.